The van der Waals surface area contributed by atoms with Gasteiger partial charge in [0.05, 0.1) is 5.69 Å². The number of benzene rings is 1. The third-order valence-electron chi connectivity index (χ3n) is 1.35. The predicted molar refractivity (Wildman–Crippen MR) is 52.1 cm³/mol. The van der Waals surface area contributed by atoms with Crippen molar-refractivity contribution in [3.8, 4) is 0 Å². The van der Waals surface area contributed by atoms with Crippen LogP contribution < -0.4 is 46.3 Å². The molecule has 0 bridgehead atoms. The number of nitrogens with two attached hydrogens (primary N) is 2. The van der Waals surface area contributed by atoms with Crippen molar-refractivity contribution in [1.29, 1.82) is 0 Å². The van der Waals surface area contributed by atoms with E-state index in [1.165, 1.54) is 5.01 Å². The number of nitrogens with zero attached hydrogens (tertiary/aromatic N) is 2. The van der Waals surface area contributed by atoms with Crippen LogP contribution in [0.1, 0.15) is 0 Å². The zero-order valence-electron chi connectivity index (χ0n) is 7.34. The molecule has 1 aromatic rings. The second kappa shape index (κ2) is 6.17. The van der Waals surface area contributed by atoms with Crippen LogP contribution in [0.4, 0.5) is 5.69 Å². The molecule has 6 heteroatoms. The van der Waals surface area contributed by atoms with Gasteiger partial charge in [-0.15, -0.1) is 0 Å². The van der Waals surface area contributed by atoms with E-state index in [9.17, 15) is 0 Å². The minimum absolute atomic E-state index is 0. The SMILES string of the molecule is N/N=C(/[S-])N(N)c1ccccc1.[Na+]. The Balaban J connectivity index is 0.00000144. The fraction of sp³-hybridized carbons (Fsp3) is 0. The van der Waals surface area contributed by atoms with E-state index >= 15 is 0 Å². The van der Waals surface area contributed by atoms with E-state index in [-0.39, 0.29) is 34.7 Å². The van der Waals surface area contributed by atoms with Crippen molar-refractivity contribution < 1.29 is 29.6 Å². The summed E-state index contributed by atoms with van der Waals surface area (Å²) in [6.07, 6.45) is 0. The average Bonchev–Trinajstić information content (AvgIpc) is 2.17. The van der Waals surface area contributed by atoms with E-state index in [1.54, 1.807) is 0 Å². The van der Waals surface area contributed by atoms with Crippen LogP contribution in [0.3, 0.4) is 0 Å². The number of hydrogen-bond acceptors (Lipinski definition) is 4. The van der Waals surface area contributed by atoms with Gasteiger partial charge >= 0.3 is 29.6 Å². The van der Waals surface area contributed by atoms with Gasteiger partial charge in [-0.2, -0.15) is 5.10 Å². The van der Waals surface area contributed by atoms with Crippen LogP contribution in [-0.2, 0) is 12.6 Å². The quantitative estimate of drug-likeness (QED) is 0.129. The van der Waals surface area contributed by atoms with E-state index < -0.39 is 0 Å². The molecule has 0 aliphatic heterocycles. The average molecular weight is 204 g/mol. The van der Waals surface area contributed by atoms with Crippen molar-refractivity contribution in [3.05, 3.63) is 30.3 Å². The van der Waals surface area contributed by atoms with Crippen molar-refractivity contribution in [2.45, 2.75) is 0 Å². The minimum atomic E-state index is 0. The molecule has 0 fully saturated rings. The summed E-state index contributed by atoms with van der Waals surface area (Å²) in [5, 5.41) is 4.70. The van der Waals surface area contributed by atoms with Gasteiger partial charge in [0.15, 0.2) is 0 Å². The van der Waals surface area contributed by atoms with Crippen LogP contribution >= 0.6 is 0 Å². The topological polar surface area (TPSA) is 67.6 Å². The predicted octanol–water partition coefficient (Wildman–Crippen LogP) is -2.85. The number of rotatable bonds is 1. The Morgan fingerprint density at radius 2 is 1.85 bits per heavy atom. The van der Waals surface area contributed by atoms with Gasteiger partial charge < -0.3 is 18.5 Å². The number of hydrazine groups is 1. The molecule has 64 valence electrons. The number of hydrazone groups is 1. The number of amidine groups is 1. The molecule has 1 rings (SSSR count). The van der Waals surface area contributed by atoms with Gasteiger partial charge in [0, 0.05) is 5.17 Å². The molecule has 0 aromatic heterocycles. The van der Waals surface area contributed by atoms with E-state index in [0.29, 0.717) is 0 Å². The van der Waals surface area contributed by atoms with Gasteiger partial charge in [0.25, 0.3) is 0 Å². The summed E-state index contributed by atoms with van der Waals surface area (Å²) in [4.78, 5) is 0. The molecule has 0 spiro atoms. The standard InChI is InChI=1S/C7H10N4S.Na/c8-10-7(12)11(9)6-4-2-1-3-5-6;/h1-5H,8-9H2,(H,10,12);/q;+1/p-1. The summed E-state index contributed by atoms with van der Waals surface area (Å²) in [6, 6.07) is 9.23. The van der Waals surface area contributed by atoms with Crippen LogP contribution in [0, 0.1) is 0 Å². The number of anilines is 1. The molecule has 0 saturated carbocycles. The summed E-state index contributed by atoms with van der Waals surface area (Å²) >= 11 is 4.77. The monoisotopic (exact) mass is 204 g/mol. The molecule has 4 N–H and O–H groups in total. The number of para-hydroxylation sites is 1. The second-order valence-corrected chi connectivity index (χ2v) is 2.48. The summed E-state index contributed by atoms with van der Waals surface area (Å²) in [7, 11) is 0. The van der Waals surface area contributed by atoms with Crippen LogP contribution in [0.25, 0.3) is 0 Å². The van der Waals surface area contributed by atoms with Gasteiger partial charge in [-0.25, -0.2) is 5.84 Å². The molecule has 13 heavy (non-hydrogen) atoms. The third-order valence-corrected chi connectivity index (χ3v) is 1.65. The Morgan fingerprint density at radius 3 is 2.31 bits per heavy atom. The second-order valence-electron chi connectivity index (χ2n) is 2.12. The Morgan fingerprint density at radius 1 is 1.31 bits per heavy atom. The molecule has 0 aliphatic rings. The summed E-state index contributed by atoms with van der Waals surface area (Å²) < 4.78 is 0. The molecule has 0 aliphatic carbocycles. The maximum Gasteiger partial charge on any atom is 1.00 e. The van der Waals surface area contributed by atoms with Gasteiger partial charge in [0.2, 0.25) is 0 Å². The molecule has 4 nitrogen and oxygen atoms in total. The summed E-state index contributed by atoms with van der Waals surface area (Å²) in [5.74, 6) is 10.5. The fourth-order valence-electron chi connectivity index (χ4n) is 0.761. The zero-order chi connectivity index (χ0) is 8.97. The van der Waals surface area contributed by atoms with E-state index in [2.05, 4.69) is 5.10 Å². The molecule has 0 saturated heterocycles. The molecular weight excluding hydrogens is 195 g/mol. The molecule has 0 unspecified atom stereocenters. The Labute approximate surface area is 105 Å². The Bertz CT molecular complexity index is 277. The first-order valence-corrected chi connectivity index (χ1v) is 3.71. The van der Waals surface area contributed by atoms with Crippen molar-refractivity contribution in [2.24, 2.45) is 16.8 Å². The van der Waals surface area contributed by atoms with Crippen molar-refractivity contribution >= 4 is 23.5 Å². The smallest absolute Gasteiger partial charge is 0.739 e. The summed E-state index contributed by atoms with van der Waals surface area (Å²) in [6.45, 7) is 0. The molecular formula is C7H9N4NaS. The maximum absolute atomic E-state index is 5.57. The summed E-state index contributed by atoms with van der Waals surface area (Å²) in [5.41, 5.74) is 0.761. The van der Waals surface area contributed by atoms with Gasteiger partial charge in [0.1, 0.15) is 0 Å². The van der Waals surface area contributed by atoms with Gasteiger partial charge in [-0.05, 0) is 12.1 Å². The Kier molecular flexibility index (Phi) is 6.02. The van der Waals surface area contributed by atoms with Crippen molar-refractivity contribution in [2.75, 3.05) is 5.01 Å². The Hall–Kier alpha value is -0.330. The van der Waals surface area contributed by atoms with Crippen LogP contribution in [0.15, 0.2) is 35.4 Å². The van der Waals surface area contributed by atoms with Crippen molar-refractivity contribution in [3.63, 3.8) is 0 Å². The minimum Gasteiger partial charge on any atom is -0.739 e. The van der Waals surface area contributed by atoms with Gasteiger partial charge in [-0.3, -0.25) is 5.01 Å². The molecule has 0 amide bonds. The zero-order valence-corrected chi connectivity index (χ0v) is 10.2. The maximum atomic E-state index is 5.57. The first-order valence-electron chi connectivity index (χ1n) is 3.30. The number of hydrogen-bond donors (Lipinski definition) is 2. The van der Waals surface area contributed by atoms with Crippen LogP contribution in [0.2, 0.25) is 0 Å². The van der Waals surface area contributed by atoms with E-state index in [4.69, 9.17) is 24.3 Å². The first-order chi connectivity index (χ1) is 5.75. The molecule has 1 aromatic carbocycles. The van der Waals surface area contributed by atoms with Crippen LogP contribution in [0.5, 0.6) is 0 Å². The van der Waals surface area contributed by atoms with E-state index in [1.807, 2.05) is 30.3 Å². The van der Waals surface area contributed by atoms with Gasteiger partial charge in [-0.1, -0.05) is 18.2 Å². The molecule has 0 heterocycles. The normalized spacial score (nSPS) is 10.4. The van der Waals surface area contributed by atoms with E-state index in [0.717, 1.165) is 5.69 Å². The van der Waals surface area contributed by atoms with Crippen LogP contribution in [-0.4, -0.2) is 5.17 Å². The molecule has 0 radical (unpaired) electrons. The third kappa shape index (κ3) is 3.50. The fourth-order valence-corrected chi connectivity index (χ4v) is 0.867. The largest absolute Gasteiger partial charge is 1.00 e. The molecule has 0 atom stereocenters. The first kappa shape index (κ1) is 12.7. The van der Waals surface area contributed by atoms with Crippen molar-refractivity contribution in [1.82, 2.24) is 0 Å².